The van der Waals surface area contributed by atoms with Gasteiger partial charge in [0.1, 0.15) is 0 Å². The number of thiazole rings is 1. The molecule has 0 atom stereocenters. The van der Waals surface area contributed by atoms with Crippen LogP contribution in [0.3, 0.4) is 0 Å². The third kappa shape index (κ3) is 3.77. The molecule has 1 aromatic heterocycles. The summed E-state index contributed by atoms with van der Waals surface area (Å²) in [6.07, 6.45) is 3.65. The zero-order valence-electron chi connectivity index (χ0n) is 10.6. The first-order chi connectivity index (χ1) is 8.75. The second-order valence-electron chi connectivity index (χ2n) is 4.41. The molecule has 0 saturated heterocycles. The minimum Gasteiger partial charge on any atom is -0.292 e. The smallest absolute Gasteiger partial charge is 0.191 e. The van der Waals surface area contributed by atoms with Crippen molar-refractivity contribution in [2.45, 2.75) is 32.6 Å². The minimum atomic E-state index is 0.182. The van der Waals surface area contributed by atoms with E-state index in [9.17, 15) is 4.79 Å². The fraction of sp³-hybridized carbons (Fsp3) is 0.333. The van der Waals surface area contributed by atoms with Crippen molar-refractivity contribution < 1.29 is 4.79 Å². The van der Waals surface area contributed by atoms with Gasteiger partial charge >= 0.3 is 0 Å². The van der Waals surface area contributed by atoms with Gasteiger partial charge in [-0.2, -0.15) is 0 Å². The van der Waals surface area contributed by atoms with E-state index in [-0.39, 0.29) is 5.78 Å². The summed E-state index contributed by atoms with van der Waals surface area (Å²) in [5.41, 5.74) is 2.28. The zero-order chi connectivity index (χ0) is 12.8. The number of unbranched alkanes of at least 4 members (excludes halogenated alkanes) is 1. The largest absolute Gasteiger partial charge is 0.292 e. The number of hydrogen-bond acceptors (Lipinski definition) is 3. The van der Waals surface area contributed by atoms with Gasteiger partial charge in [0.05, 0.1) is 0 Å². The summed E-state index contributed by atoms with van der Waals surface area (Å²) >= 11 is 1.45. The molecule has 0 N–H and O–H groups in total. The lowest BCUT2D eigenvalue weighted by molar-refractivity contribution is 0.0979. The van der Waals surface area contributed by atoms with Crippen LogP contribution < -0.4 is 0 Å². The van der Waals surface area contributed by atoms with Gasteiger partial charge in [-0.05, 0) is 31.7 Å². The Labute approximate surface area is 112 Å². The maximum atomic E-state index is 11.8. The molecular weight excluding hydrogens is 242 g/mol. The molecule has 1 heterocycles. The summed E-state index contributed by atoms with van der Waals surface area (Å²) in [7, 11) is 0. The van der Waals surface area contributed by atoms with E-state index in [0.717, 1.165) is 25.0 Å². The average molecular weight is 259 g/mol. The number of Topliss-reactive ketones (excluding diaryl/α,β-unsaturated/α-hetero) is 1. The fourth-order valence-corrected chi connectivity index (χ4v) is 2.61. The Bertz CT molecular complexity index is 504. The molecule has 94 valence electrons. The normalized spacial score (nSPS) is 10.5. The summed E-state index contributed by atoms with van der Waals surface area (Å²) < 4.78 is 0. The van der Waals surface area contributed by atoms with Crippen molar-refractivity contribution in [1.29, 1.82) is 0 Å². The maximum absolute atomic E-state index is 11.8. The summed E-state index contributed by atoms with van der Waals surface area (Å²) in [6, 6.07) is 10.4. The molecule has 0 unspecified atom stereocenters. The number of benzene rings is 1. The standard InChI is InChI=1S/C15H17NOS/c1-12-11-18-15(16-12)14(17)10-6-5-9-13-7-3-2-4-8-13/h2-4,7-8,11H,5-6,9-10H2,1H3. The van der Waals surface area contributed by atoms with Crippen LogP contribution in [0.5, 0.6) is 0 Å². The Morgan fingerprint density at radius 2 is 2.00 bits per heavy atom. The Kier molecular flexibility index (Phi) is 4.65. The van der Waals surface area contributed by atoms with Gasteiger partial charge in [0.15, 0.2) is 10.8 Å². The van der Waals surface area contributed by atoms with Gasteiger partial charge in [0, 0.05) is 17.5 Å². The first kappa shape index (κ1) is 13.0. The monoisotopic (exact) mass is 259 g/mol. The van der Waals surface area contributed by atoms with Gasteiger partial charge in [-0.1, -0.05) is 30.3 Å². The van der Waals surface area contributed by atoms with E-state index in [1.54, 1.807) is 0 Å². The van der Waals surface area contributed by atoms with E-state index in [2.05, 4.69) is 29.2 Å². The van der Waals surface area contributed by atoms with Gasteiger partial charge in [0.2, 0.25) is 0 Å². The summed E-state index contributed by atoms with van der Waals surface area (Å²) in [6.45, 7) is 1.92. The van der Waals surface area contributed by atoms with Crippen LogP contribution in [0, 0.1) is 6.92 Å². The topological polar surface area (TPSA) is 30.0 Å². The highest BCUT2D eigenvalue weighted by Crippen LogP contribution is 2.13. The van der Waals surface area contributed by atoms with E-state index in [4.69, 9.17) is 0 Å². The number of aromatic nitrogens is 1. The first-order valence-corrected chi connectivity index (χ1v) is 7.13. The van der Waals surface area contributed by atoms with Crippen LogP contribution in [0.4, 0.5) is 0 Å². The zero-order valence-corrected chi connectivity index (χ0v) is 11.4. The van der Waals surface area contributed by atoms with Crippen molar-refractivity contribution in [3.63, 3.8) is 0 Å². The number of ketones is 1. The predicted molar refractivity (Wildman–Crippen MR) is 75.2 cm³/mol. The molecule has 0 amide bonds. The first-order valence-electron chi connectivity index (χ1n) is 6.25. The van der Waals surface area contributed by atoms with Gasteiger partial charge in [0.25, 0.3) is 0 Å². The molecule has 0 spiro atoms. The third-order valence-electron chi connectivity index (χ3n) is 2.82. The van der Waals surface area contributed by atoms with Crippen molar-refractivity contribution in [3.05, 3.63) is 52.0 Å². The number of nitrogens with zero attached hydrogens (tertiary/aromatic N) is 1. The van der Waals surface area contributed by atoms with E-state index in [1.165, 1.54) is 16.9 Å². The quantitative estimate of drug-likeness (QED) is 0.578. The molecule has 2 aromatic rings. The molecule has 0 saturated carbocycles. The van der Waals surface area contributed by atoms with Crippen LogP contribution in [-0.4, -0.2) is 10.8 Å². The van der Waals surface area contributed by atoms with E-state index < -0.39 is 0 Å². The highest BCUT2D eigenvalue weighted by molar-refractivity contribution is 7.11. The van der Waals surface area contributed by atoms with Crippen LogP contribution in [0.2, 0.25) is 0 Å². The third-order valence-corrected chi connectivity index (χ3v) is 3.82. The molecule has 0 bridgehead atoms. The van der Waals surface area contributed by atoms with Crippen molar-refractivity contribution in [2.75, 3.05) is 0 Å². The Hall–Kier alpha value is -1.48. The van der Waals surface area contributed by atoms with Crippen LogP contribution in [0.15, 0.2) is 35.7 Å². The number of hydrogen-bond donors (Lipinski definition) is 0. The molecule has 2 rings (SSSR count). The minimum absolute atomic E-state index is 0.182. The summed E-state index contributed by atoms with van der Waals surface area (Å²) in [5, 5.41) is 2.59. The molecular formula is C15H17NOS. The Morgan fingerprint density at radius 1 is 1.22 bits per heavy atom. The van der Waals surface area contributed by atoms with Gasteiger partial charge in [-0.25, -0.2) is 4.98 Å². The predicted octanol–water partition coefficient (Wildman–Crippen LogP) is 4.05. The highest BCUT2D eigenvalue weighted by atomic mass is 32.1. The number of carbonyl (C=O) groups excluding carboxylic acids is 1. The molecule has 2 nitrogen and oxygen atoms in total. The highest BCUT2D eigenvalue weighted by Gasteiger charge is 2.09. The molecule has 0 aliphatic carbocycles. The van der Waals surface area contributed by atoms with E-state index in [1.807, 2.05) is 18.4 Å². The Balaban J connectivity index is 1.71. The molecule has 18 heavy (non-hydrogen) atoms. The fourth-order valence-electron chi connectivity index (χ4n) is 1.85. The molecule has 0 fully saturated rings. The lowest BCUT2D eigenvalue weighted by atomic mass is 10.1. The number of carbonyl (C=O) groups is 1. The van der Waals surface area contributed by atoms with Crippen LogP contribution >= 0.6 is 11.3 Å². The summed E-state index contributed by atoms with van der Waals surface area (Å²) in [5.74, 6) is 0.182. The SMILES string of the molecule is Cc1csc(C(=O)CCCCc2ccccc2)n1. The van der Waals surface area contributed by atoms with Gasteiger partial charge in [-0.15, -0.1) is 11.3 Å². The van der Waals surface area contributed by atoms with Gasteiger partial charge in [-0.3, -0.25) is 4.79 Å². The number of aryl methyl sites for hydroxylation is 2. The van der Waals surface area contributed by atoms with Gasteiger partial charge < -0.3 is 0 Å². The molecule has 1 aromatic carbocycles. The van der Waals surface area contributed by atoms with Crippen molar-refractivity contribution >= 4 is 17.1 Å². The molecule has 0 aliphatic heterocycles. The molecule has 0 radical (unpaired) electrons. The van der Waals surface area contributed by atoms with Crippen LogP contribution in [0.25, 0.3) is 0 Å². The molecule has 3 heteroatoms. The molecule has 0 aliphatic rings. The van der Waals surface area contributed by atoms with Crippen LogP contribution in [0.1, 0.15) is 40.3 Å². The maximum Gasteiger partial charge on any atom is 0.191 e. The second kappa shape index (κ2) is 6.45. The summed E-state index contributed by atoms with van der Waals surface area (Å²) in [4.78, 5) is 16.0. The van der Waals surface area contributed by atoms with Crippen molar-refractivity contribution in [3.8, 4) is 0 Å². The average Bonchev–Trinajstić information content (AvgIpc) is 2.82. The van der Waals surface area contributed by atoms with E-state index in [0.29, 0.717) is 11.4 Å². The van der Waals surface area contributed by atoms with E-state index >= 15 is 0 Å². The van der Waals surface area contributed by atoms with Crippen molar-refractivity contribution in [1.82, 2.24) is 4.98 Å². The lowest BCUT2D eigenvalue weighted by Gasteiger charge is -2.00. The lowest BCUT2D eigenvalue weighted by Crippen LogP contribution is -1.98. The second-order valence-corrected chi connectivity index (χ2v) is 5.27. The Morgan fingerprint density at radius 3 is 2.67 bits per heavy atom. The number of rotatable bonds is 6. The van der Waals surface area contributed by atoms with Crippen LogP contribution in [-0.2, 0) is 6.42 Å². The van der Waals surface area contributed by atoms with Crippen molar-refractivity contribution in [2.24, 2.45) is 0 Å².